The minimum atomic E-state index is -0.491. The van der Waals surface area contributed by atoms with Crippen molar-refractivity contribution >= 4 is 5.97 Å². The van der Waals surface area contributed by atoms with Crippen LogP contribution < -0.4 is 0 Å². The molecule has 2 fully saturated rings. The highest BCUT2D eigenvalue weighted by Crippen LogP contribution is 2.41. The maximum Gasteiger partial charge on any atom is 0.306 e. The van der Waals surface area contributed by atoms with Crippen molar-refractivity contribution in [3.8, 4) is 0 Å². The molecule has 1 aliphatic heterocycles. The molecule has 0 aromatic heterocycles. The Morgan fingerprint density at radius 3 is 2.27 bits per heavy atom. The highest BCUT2D eigenvalue weighted by molar-refractivity contribution is 5.69. The number of esters is 1. The summed E-state index contributed by atoms with van der Waals surface area (Å²) in [5, 5.41) is 21.3. The molecule has 1 heterocycles. The van der Waals surface area contributed by atoms with Crippen molar-refractivity contribution in [1.82, 2.24) is 0 Å². The standard InChI is InChI=1S/C31H56O6/c1-4-5-6-13-16-20-31(35-22-23-36-31)21-19-27-26(28(32)24-29(27)33)17-14-11-9-7-8-10-12-15-18-30(34)37-25(2)3/h11,14,25-29,32-33H,4-10,12-13,15-24H2,1-3H3/b14-11-/t26-,27-,28+,29-/m1/s1. The SMILES string of the molecule is CCCCCCCC1(CC[C@@H]2[C@@H](C/C=C\CCCCCCCC(=O)OC(C)C)[C@@H](O)C[C@H]2O)OCCO1. The van der Waals surface area contributed by atoms with E-state index in [0.29, 0.717) is 26.1 Å². The maximum atomic E-state index is 11.6. The van der Waals surface area contributed by atoms with Crippen LogP contribution in [0, 0.1) is 11.8 Å². The number of allylic oxidation sites excluding steroid dienone is 2. The lowest BCUT2D eigenvalue weighted by Crippen LogP contribution is -2.33. The Bertz CT molecular complexity index is 627. The summed E-state index contributed by atoms with van der Waals surface area (Å²) in [5.74, 6) is -0.391. The lowest BCUT2D eigenvalue weighted by molar-refractivity contribution is -0.171. The van der Waals surface area contributed by atoms with E-state index in [9.17, 15) is 15.0 Å². The summed E-state index contributed by atoms with van der Waals surface area (Å²) in [6.45, 7) is 7.31. The fourth-order valence-electron chi connectivity index (χ4n) is 5.96. The molecule has 0 bridgehead atoms. The molecule has 0 spiro atoms. The van der Waals surface area contributed by atoms with E-state index < -0.39 is 18.0 Å². The van der Waals surface area contributed by atoms with Crippen molar-refractivity contribution in [3.05, 3.63) is 12.2 Å². The molecule has 216 valence electrons. The summed E-state index contributed by atoms with van der Waals surface area (Å²) in [7, 11) is 0. The van der Waals surface area contributed by atoms with Gasteiger partial charge in [0.2, 0.25) is 0 Å². The number of carbonyl (C=O) groups is 1. The lowest BCUT2D eigenvalue weighted by atomic mass is 9.85. The number of aliphatic hydroxyl groups is 2. The fraction of sp³-hybridized carbons (Fsp3) is 0.903. The van der Waals surface area contributed by atoms with E-state index in [1.165, 1.54) is 25.7 Å². The first-order chi connectivity index (χ1) is 17.9. The van der Waals surface area contributed by atoms with E-state index in [2.05, 4.69) is 19.1 Å². The van der Waals surface area contributed by atoms with Crippen molar-refractivity contribution in [2.24, 2.45) is 11.8 Å². The summed E-state index contributed by atoms with van der Waals surface area (Å²) in [5.41, 5.74) is 0. The Kier molecular flexibility index (Phi) is 16.0. The van der Waals surface area contributed by atoms with Crippen LogP contribution in [0.5, 0.6) is 0 Å². The van der Waals surface area contributed by atoms with Gasteiger partial charge in [0.05, 0.1) is 31.5 Å². The Morgan fingerprint density at radius 1 is 0.892 bits per heavy atom. The quantitative estimate of drug-likeness (QED) is 0.103. The molecule has 1 saturated heterocycles. The fourth-order valence-corrected chi connectivity index (χ4v) is 5.96. The van der Waals surface area contributed by atoms with Gasteiger partial charge >= 0.3 is 5.97 Å². The van der Waals surface area contributed by atoms with Gasteiger partial charge in [-0.05, 0) is 70.6 Å². The van der Waals surface area contributed by atoms with Crippen LogP contribution in [0.1, 0.15) is 130 Å². The third-order valence-electron chi connectivity index (χ3n) is 8.05. The zero-order valence-corrected chi connectivity index (χ0v) is 24.0. The summed E-state index contributed by atoms with van der Waals surface area (Å²) < 4.78 is 17.3. The molecule has 0 aromatic rings. The van der Waals surface area contributed by atoms with Gasteiger partial charge in [-0.25, -0.2) is 0 Å². The molecule has 0 amide bonds. The van der Waals surface area contributed by atoms with Gasteiger partial charge in [0.15, 0.2) is 5.79 Å². The maximum absolute atomic E-state index is 11.6. The molecule has 1 aliphatic carbocycles. The first-order valence-corrected chi connectivity index (χ1v) is 15.4. The van der Waals surface area contributed by atoms with E-state index in [-0.39, 0.29) is 23.9 Å². The smallest absolute Gasteiger partial charge is 0.306 e. The predicted octanol–water partition coefficient (Wildman–Crippen LogP) is 6.86. The highest BCUT2D eigenvalue weighted by atomic mass is 16.7. The second-order valence-corrected chi connectivity index (χ2v) is 11.6. The molecule has 2 aliphatic rings. The van der Waals surface area contributed by atoms with Gasteiger partial charge in [-0.3, -0.25) is 4.79 Å². The van der Waals surface area contributed by atoms with E-state index in [1.807, 2.05) is 13.8 Å². The highest BCUT2D eigenvalue weighted by Gasteiger charge is 2.43. The van der Waals surface area contributed by atoms with Gasteiger partial charge in [0.25, 0.3) is 0 Å². The van der Waals surface area contributed by atoms with Crippen molar-refractivity contribution in [3.63, 3.8) is 0 Å². The van der Waals surface area contributed by atoms with Crippen LogP contribution in [0.25, 0.3) is 0 Å². The van der Waals surface area contributed by atoms with Gasteiger partial charge in [0.1, 0.15) is 0 Å². The van der Waals surface area contributed by atoms with Crippen LogP contribution in [-0.2, 0) is 19.0 Å². The van der Waals surface area contributed by atoms with E-state index in [0.717, 1.165) is 70.6 Å². The number of hydrogen-bond acceptors (Lipinski definition) is 6. The van der Waals surface area contributed by atoms with Crippen molar-refractivity contribution < 1.29 is 29.2 Å². The normalized spacial score (nSPS) is 25.5. The molecule has 37 heavy (non-hydrogen) atoms. The van der Waals surface area contributed by atoms with Crippen LogP contribution >= 0.6 is 0 Å². The number of unbranched alkanes of at least 4 members (excludes halogenated alkanes) is 9. The predicted molar refractivity (Wildman–Crippen MR) is 148 cm³/mol. The Balaban J connectivity index is 1.65. The molecule has 2 N–H and O–H groups in total. The number of rotatable bonds is 20. The molecule has 4 atom stereocenters. The Labute approximate surface area is 226 Å². The molecule has 1 saturated carbocycles. The van der Waals surface area contributed by atoms with Crippen LogP contribution in [0.2, 0.25) is 0 Å². The topological polar surface area (TPSA) is 85.2 Å². The van der Waals surface area contributed by atoms with Crippen LogP contribution in [0.15, 0.2) is 12.2 Å². The average Bonchev–Trinajstić information content (AvgIpc) is 3.42. The molecule has 0 unspecified atom stereocenters. The molecular weight excluding hydrogens is 468 g/mol. The first kappa shape index (κ1) is 32.3. The number of aliphatic hydroxyl groups excluding tert-OH is 2. The second-order valence-electron chi connectivity index (χ2n) is 11.6. The lowest BCUT2D eigenvalue weighted by Gasteiger charge is -2.31. The Morgan fingerprint density at radius 2 is 1.54 bits per heavy atom. The van der Waals surface area contributed by atoms with Gasteiger partial charge in [-0.2, -0.15) is 0 Å². The second kappa shape index (κ2) is 18.4. The van der Waals surface area contributed by atoms with E-state index >= 15 is 0 Å². The molecular formula is C31H56O6. The zero-order chi connectivity index (χ0) is 26.9. The largest absolute Gasteiger partial charge is 0.463 e. The number of ether oxygens (including phenoxy) is 3. The number of hydrogen-bond donors (Lipinski definition) is 2. The molecule has 2 rings (SSSR count). The summed E-state index contributed by atoms with van der Waals surface area (Å²) in [4.78, 5) is 11.6. The third-order valence-corrected chi connectivity index (χ3v) is 8.05. The summed E-state index contributed by atoms with van der Waals surface area (Å²) in [6, 6.07) is 0. The molecule has 6 heteroatoms. The van der Waals surface area contributed by atoms with Gasteiger partial charge in [-0.15, -0.1) is 0 Å². The average molecular weight is 525 g/mol. The summed E-state index contributed by atoms with van der Waals surface area (Å²) >= 11 is 0. The van der Waals surface area contributed by atoms with Crippen molar-refractivity contribution in [2.75, 3.05) is 13.2 Å². The molecule has 0 radical (unpaired) electrons. The van der Waals surface area contributed by atoms with Crippen LogP contribution in [-0.4, -0.2) is 53.5 Å². The first-order valence-electron chi connectivity index (χ1n) is 15.4. The number of carbonyl (C=O) groups excluding carboxylic acids is 1. The van der Waals surface area contributed by atoms with E-state index in [4.69, 9.17) is 14.2 Å². The minimum Gasteiger partial charge on any atom is -0.463 e. The molecule has 6 nitrogen and oxygen atoms in total. The van der Waals surface area contributed by atoms with Crippen LogP contribution in [0.4, 0.5) is 0 Å². The van der Waals surface area contributed by atoms with Crippen molar-refractivity contribution in [2.45, 2.75) is 154 Å². The Hall–Kier alpha value is -0.950. The van der Waals surface area contributed by atoms with Gasteiger partial charge < -0.3 is 24.4 Å². The van der Waals surface area contributed by atoms with E-state index in [1.54, 1.807) is 0 Å². The summed E-state index contributed by atoms with van der Waals surface area (Å²) in [6.07, 6.45) is 20.5. The van der Waals surface area contributed by atoms with Gasteiger partial charge in [0, 0.05) is 19.3 Å². The monoisotopic (exact) mass is 524 g/mol. The third kappa shape index (κ3) is 12.6. The van der Waals surface area contributed by atoms with Gasteiger partial charge in [-0.1, -0.05) is 64.0 Å². The zero-order valence-electron chi connectivity index (χ0n) is 24.0. The molecule has 0 aromatic carbocycles. The van der Waals surface area contributed by atoms with Crippen molar-refractivity contribution in [1.29, 1.82) is 0 Å². The minimum absolute atomic E-state index is 0.0275. The van der Waals surface area contributed by atoms with Crippen LogP contribution in [0.3, 0.4) is 0 Å².